The van der Waals surface area contributed by atoms with Gasteiger partial charge in [0, 0.05) is 51.2 Å². The van der Waals surface area contributed by atoms with Gasteiger partial charge in [-0.1, -0.05) is 37.3 Å². The van der Waals surface area contributed by atoms with Crippen LogP contribution in [-0.4, -0.2) is 89.3 Å². The van der Waals surface area contributed by atoms with E-state index in [9.17, 15) is 14.4 Å². The van der Waals surface area contributed by atoms with Crippen molar-refractivity contribution in [3.8, 4) is 0 Å². The van der Waals surface area contributed by atoms with Crippen molar-refractivity contribution < 1.29 is 19.5 Å². The number of hydrogen-bond acceptors (Lipinski definition) is 5. The van der Waals surface area contributed by atoms with Gasteiger partial charge in [-0.05, 0) is 43.4 Å². The maximum atomic E-state index is 12.9. The monoisotopic (exact) mass is 520 g/mol. The van der Waals surface area contributed by atoms with Crippen LogP contribution in [-0.2, 0) is 5.41 Å². The molecule has 10 nitrogen and oxygen atoms in total. The highest BCUT2D eigenvalue weighted by Crippen LogP contribution is 2.36. The Hall–Kier alpha value is -3.82. The number of amides is 4. The van der Waals surface area contributed by atoms with Gasteiger partial charge in [-0.25, -0.2) is 14.6 Å². The first-order valence-electron chi connectivity index (χ1n) is 13.3. The number of pyridine rings is 1. The molecule has 2 aromatic rings. The van der Waals surface area contributed by atoms with Crippen LogP contribution in [0, 0.1) is 6.92 Å². The summed E-state index contributed by atoms with van der Waals surface area (Å²) in [6.07, 6.45) is 3.09. The Balaban J connectivity index is 1.13. The molecule has 3 fully saturated rings. The first kappa shape index (κ1) is 25.8. The number of rotatable bonds is 6. The molecule has 3 N–H and O–H groups in total. The summed E-state index contributed by atoms with van der Waals surface area (Å²) >= 11 is 0. The number of carboxylic acid groups (broad SMARTS) is 1. The van der Waals surface area contributed by atoms with E-state index in [-0.39, 0.29) is 17.4 Å². The topological polar surface area (TPSA) is 118 Å². The van der Waals surface area contributed by atoms with Crippen molar-refractivity contribution in [1.82, 2.24) is 25.4 Å². The molecule has 1 spiro atoms. The largest absolute Gasteiger partial charge is 0.465 e. The molecule has 5 rings (SSSR count). The molecule has 4 heterocycles. The fourth-order valence-electron chi connectivity index (χ4n) is 5.99. The van der Waals surface area contributed by atoms with Crippen molar-refractivity contribution in [3.63, 3.8) is 0 Å². The van der Waals surface area contributed by atoms with Gasteiger partial charge in [-0.2, -0.15) is 0 Å². The Bertz CT molecular complexity index is 1210. The maximum Gasteiger partial charge on any atom is 0.407 e. The van der Waals surface area contributed by atoms with Gasteiger partial charge in [-0.3, -0.25) is 4.79 Å². The molecule has 3 aliphatic rings. The lowest BCUT2D eigenvalue weighted by molar-refractivity contribution is 0.0944. The summed E-state index contributed by atoms with van der Waals surface area (Å²) in [5.74, 6) is -0.256. The third-order valence-electron chi connectivity index (χ3n) is 8.40. The van der Waals surface area contributed by atoms with Crippen molar-refractivity contribution in [2.24, 2.45) is 0 Å². The van der Waals surface area contributed by atoms with Crippen molar-refractivity contribution >= 4 is 23.7 Å². The van der Waals surface area contributed by atoms with Crippen LogP contribution in [0.25, 0.3) is 0 Å². The summed E-state index contributed by atoms with van der Waals surface area (Å²) in [6.45, 7) is 8.06. The van der Waals surface area contributed by atoms with Crippen molar-refractivity contribution in [2.45, 2.75) is 44.1 Å². The number of benzene rings is 1. The predicted molar refractivity (Wildman–Crippen MR) is 144 cm³/mol. The number of nitrogens with zero attached hydrogens (tertiary/aromatic N) is 4. The van der Waals surface area contributed by atoms with Gasteiger partial charge < -0.3 is 30.4 Å². The number of aryl methyl sites for hydroxylation is 1. The number of piperidine rings is 1. The van der Waals surface area contributed by atoms with Gasteiger partial charge in [0.2, 0.25) is 0 Å². The highest BCUT2D eigenvalue weighted by molar-refractivity contribution is 5.94. The Kier molecular flexibility index (Phi) is 6.90. The Morgan fingerprint density at radius 3 is 2.53 bits per heavy atom. The second-order valence-electron chi connectivity index (χ2n) is 11.1. The minimum Gasteiger partial charge on any atom is -0.465 e. The van der Waals surface area contributed by atoms with E-state index in [1.165, 1.54) is 10.5 Å². The third-order valence-corrected chi connectivity index (χ3v) is 8.40. The molecular formula is C28H36N6O4. The second-order valence-corrected chi connectivity index (χ2v) is 11.1. The maximum absolute atomic E-state index is 12.9. The third kappa shape index (κ3) is 5.12. The highest BCUT2D eigenvalue weighted by Gasteiger charge is 2.44. The van der Waals surface area contributed by atoms with Crippen LogP contribution in [0.15, 0.2) is 42.6 Å². The smallest absolute Gasteiger partial charge is 0.407 e. The molecule has 1 aromatic carbocycles. The van der Waals surface area contributed by atoms with Crippen molar-refractivity contribution in [3.05, 3.63) is 59.4 Å². The van der Waals surface area contributed by atoms with E-state index in [1.807, 2.05) is 19.1 Å². The molecule has 0 bridgehead atoms. The molecule has 0 saturated carbocycles. The number of likely N-dealkylation sites (tertiary alicyclic amines) is 1. The van der Waals surface area contributed by atoms with Gasteiger partial charge in [0.25, 0.3) is 5.91 Å². The number of carbonyl (C=O) groups excluding carboxylic acids is 2. The lowest BCUT2D eigenvalue weighted by Crippen LogP contribution is -2.53. The van der Waals surface area contributed by atoms with Crippen molar-refractivity contribution in [1.29, 1.82) is 0 Å². The number of hydrogen-bond donors (Lipinski definition) is 3. The molecule has 3 saturated heterocycles. The van der Waals surface area contributed by atoms with E-state index in [1.54, 1.807) is 11.1 Å². The standard InChI is InChI=1S/C28H36N6O4/c1-20-16-22(33-12-8-27(2,18-33)21-6-4-3-5-7-21)17-30-23(20)24(35)29-11-15-34-19-28(31-25(34)36)9-13-32(14-10-28)26(37)38/h3-7,16-17H,8-15,18-19H2,1-2H3,(H,29,35)(H,31,36)(H,37,38). The molecule has 0 radical (unpaired) electrons. The van der Waals surface area contributed by atoms with Crippen LogP contribution in [0.5, 0.6) is 0 Å². The highest BCUT2D eigenvalue weighted by atomic mass is 16.4. The number of aromatic nitrogens is 1. The molecule has 3 aliphatic heterocycles. The summed E-state index contributed by atoms with van der Waals surface area (Å²) in [5, 5.41) is 15.1. The van der Waals surface area contributed by atoms with Gasteiger partial charge >= 0.3 is 12.1 Å². The molecule has 1 aromatic heterocycles. The number of anilines is 1. The van der Waals surface area contributed by atoms with Gasteiger partial charge in [0.1, 0.15) is 5.69 Å². The fraction of sp³-hybridized carbons (Fsp3) is 0.500. The molecule has 0 aliphatic carbocycles. The minimum atomic E-state index is -0.924. The van der Waals surface area contributed by atoms with Crippen LogP contribution in [0.1, 0.15) is 47.8 Å². The van der Waals surface area contributed by atoms with Crippen LogP contribution in [0.4, 0.5) is 15.3 Å². The fourth-order valence-corrected chi connectivity index (χ4v) is 5.99. The van der Waals surface area contributed by atoms with Crippen LogP contribution < -0.4 is 15.5 Å². The predicted octanol–water partition coefficient (Wildman–Crippen LogP) is 2.83. The molecule has 4 amide bonds. The van der Waals surface area contributed by atoms with Gasteiger partial charge in [0.15, 0.2) is 0 Å². The quantitative estimate of drug-likeness (QED) is 0.539. The summed E-state index contributed by atoms with van der Waals surface area (Å²) < 4.78 is 0. The minimum absolute atomic E-state index is 0.0823. The first-order valence-corrected chi connectivity index (χ1v) is 13.3. The molecular weight excluding hydrogens is 484 g/mol. The Morgan fingerprint density at radius 2 is 1.84 bits per heavy atom. The van der Waals surface area contributed by atoms with E-state index in [0.717, 1.165) is 30.8 Å². The van der Waals surface area contributed by atoms with E-state index >= 15 is 0 Å². The van der Waals surface area contributed by atoms with Crippen LogP contribution >= 0.6 is 0 Å². The Morgan fingerprint density at radius 1 is 1.11 bits per heavy atom. The molecule has 202 valence electrons. The average Bonchev–Trinajstić information content (AvgIpc) is 3.45. The van der Waals surface area contributed by atoms with Crippen LogP contribution in [0.3, 0.4) is 0 Å². The number of carbonyl (C=O) groups is 3. The normalized spacial score (nSPS) is 22.6. The second kappa shape index (κ2) is 10.2. The van der Waals surface area contributed by atoms with Crippen LogP contribution in [0.2, 0.25) is 0 Å². The SMILES string of the molecule is Cc1cc(N2CCC(C)(c3ccccc3)C2)cnc1C(=O)NCCN1CC2(CCN(C(=O)O)CC2)NC1=O. The van der Waals surface area contributed by atoms with Gasteiger partial charge in [0.05, 0.1) is 17.4 Å². The Labute approximate surface area is 223 Å². The first-order chi connectivity index (χ1) is 18.2. The molecule has 38 heavy (non-hydrogen) atoms. The van der Waals surface area contributed by atoms with E-state index in [0.29, 0.717) is 51.3 Å². The summed E-state index contributed by atoms with van der Waals surface area (Å²) in [5.41, 5.74) is 3.25. The lowest BCUT2D eigenvalue weighted by Gasteiger charge is -2.37. The zero-order chi connectivity index (χ0) is 26.9. The van der Waals surface area contributed by atoms with Crippen molar-refractivity contribution in [2.75, 3.05) is 50.7 Å². The molecule has 10 heteroatoms. The zero-order valence-electron chi connectivity index (χ0n) is 22.1. The van der Waals surface area contributed by atoms with E-state index in [4.69, 9.17) is 5.11 Å². The van der Waals surface area contributed by atoms with E-state index in [2.05, 4.69) is 51.7 Å². The number of urea groups is 1. The lowest BCUT2D eigenvalue weighted by atomic mass is 9.82. The summed E-state index contributed by atoms with van der Waals surface area (Å²) in [6, 6.07) is 12.4. The zero-order valence-corrected chi connectivity index (χ0v) is 22.1. The summed E-state index contributed by atoms with van der Waals surface area (Å²) in [4.78, 5) is 46.5. The van der Waals surface area contributed by atoms with Gasteiger partial charge in [-0.15, -0.1) is 0 Å². The summed E-state index contributed by atoms with van der Waals surface area (Å²) in [7, 11) is 0. The number of nitrogens with one attached hydrogen (secondary N) is 2. The molecule has 1 atom stereocenters. The average molecular weight is 521 g/mol. The molecule has 1 unspecified atom stereocenters. The van der Waals surface area contributed by atoms with E-state index < -0.39 is 11.6 Å².